The summed E-state index contributed by atoms with van der Waals surface area (Å²) in [4.78, 5) is 26.7. The van der Waals surface area contributed by atoms with Crippen molar-refractivity contribution in [3.05, 3.63) is 16.0 Å². The topological polar surface area (TPSA) is 72.6 Å². The fourth-order valence-electron chi connectivity index (χ4n) is 1.65. The summed E-state index contributed by atoms with van der Waals surface area (Å²) in [7, 11) is 3.73. The molecule has 0 radical (unpaired) electrons. The van der Waals surface area contributed by atoms with Crippen molar-refractivity contribution in [2.24, 2.45) is 4.99 Å². The molecule has 22 heavy (non-hydrogen) atoms. The van der Waals surface area contributed by atoms with Crippen molar-refractivity contribution in [1.29, 1.82) is 0 Å². The lowest BCUT2D eigenvalue weighted by molar-refractivity contribution is 0.0544. The molecule has 0 aliphatic carbocycles. The highest BCUT2D eigenvalue weighted by Crippen LogP contribution is 2.23. The molecule has 0 spiro atoms. The molecule has 0 unspecified atom stereocenters. The van der Waals surface area contributed by atoms with Gasteiger partial charge in [0.1, 0.15) is 11.1 Å². The minimum atomic E-state index is -0.560. The summed E-state index contributed by atoms with van der Waals surface area (Å²) in [5.41, 5.74) is 0.713. The van der Waals surface area contributed by atoms with E-state index in [1.165, 1.54) is 4.57 Å². The summed E-state index contributed by atoms with van der Waals surface area (Å²) >= 11 is 2.13. The van der Waals surface area contributed by atoms with Gasteiger partial charge in [0.25, 0.3) is 5.95 Å². The molecule has 2 rings (SSSR count). The van der Waals surface area contributed by atoms with Gasteiger partial charge in [-0.1, -0.05) is 0 Å². The zero-order chi connectivity index (χ0) is 16.5. The van der Waals surface area contributed by atoms with Crippen molar-refractivity contribution in [3.8, 4) is 0 Å². The van der Waals surface area contributed by atoms with Crippen LogP contribution in [0.25, 0.3) is 11.0 Å². The average molecular weight is 415 g/mol. The number of rotatable bonds is 2. The minimum Gasteiger partial charge on any atom is -0.443 e. The van der Waals surface area contributed by atoms with Gasteiger partial charge in [0.2, 0.25) is 0 Å². The molecule has 0 saturated heterocycles. The van der Waals surface area contributed by atoms with Gasteiger partial charge in [-0.25, -0.2) is 24.3 Å². The van der Waals surface area contributed by atoms with Gasteiger partial charge in [-0.2, -0.15) is 0 Å². The molecule has 0 saturated carbocycles. The van der Waals surface area contributed by atoms with Crippen LogP contribution in [0, 0.1) is 3.57 Å². The van der Waals surface area contributed by atoms with Crippen molar-refractivity contribution in [2.45, 2.75) is 26.4 Å². The molecule has 0 bridgehead atoms. The second-order valence-corrected chi connectivity index (χ2v) is 7.10. The Kier molecular flexibility index (Phi) is 4.69. The van der Waals surface area contributed by atoms with E-state index in [-0.39, 0.29) is 0 Å². The molecule has 8 heteroatoms. The van der Waals surface area contributed by atoms with Crippen molar-refractivity contribution in [1.82, 2.24) is 19.4 Å². The Morgan fingerprint density at radius 3 is 2.73 bits per heavy atom. The molecule has 0 aromatic carbocycles. The Labute approximate surface area is 142 Å². The molecule has 2 aromatic heterocycles. The molecule has 0 aliphatic heterocycles. The Morgan fingerprint density at radius 2 is 2.14 bits per heavy atom. The Balaban J connectivity index is 2.41. The lowest BCUT2D eigenvalue weighted by atomic mass is 10.2. The van der Waals surface area contributed by atoms with E-state index in [9.17, 15) is 4.79 Å². The first-order valence-corrected chi connectivity index (χ1v) is 7.73. The van der Waals surface area contributed by atoms with Crippen LogP contribution in [-0.2, 0) is 4.74 Å². The molecular formula is C14H18IN5O2. The maximum atomic E-state index is 12.2. The van der Waals surface area contributed by atoms with E-state index >= 15 is 0 Å². The lowest BCUT2D eigenvalue weighted by Crippen LogP contribution is -2.26. The van der Waals surface area contributed by atoms with Crippen molar-refractivity contribution < 1.29 is 9.53 Å². The van der Waals surface area contributed by atoms with E-state index in [0.717, 1.165) is 3.57 Å². The molecule has 0 fully saturated rings. The molecule has 0 amide bonds. The Bertz CT molecular complexity index is 731. The van der Waals surface area contributed by atoms with Crippen molar-refractivity contribution in [2.75, 3.05) is 14.1 Å². The Morgan fingerprint density at radius 1 is 1.45 bits per heavy atom. The summed E-state index contributed by atoms with van der Waals surface area (Å²) in [6.07, 6.45) is 4.44. The van der Waals surface area contributed by atoms with Crippen LogP contribution in [0.3, 0.4) is 0 Å². The number of aromatic nitrogens is 3. The molecule has 0 aliphatic rings. The monoisotopic (exact) mass is 415 g/mol. The molecule has 0 N–H and O–H groups in total. The van der Waals surface area contributed by atoms with Crippen LogP contribution in [0.15, 0.2) is 17.4 Å². The van der Waals surface area contributed by atoms with Crippen LogP contribution in [0.2, 0.25) is 0 Å². The maximum Gasteiger partial charge on any atom is 0.419 e. The van der Waals surface area contributed by atoms with Crippen LogP contribution in [-0.4, -0.2) is 51.6 Å². The minimum absolute atomic E-state index is 0.348. The Hall–Kier alpha value is -1.71. The summed E-state index contributed by atoms with van der Waals surface area (Å²) < 4.78 is 7.64. The van der Waals surface area contributed by atoms with Gasteiger partial charge in [-0.3, -0.25) is 0 Å². The summed E-state index contributed by atoms with van der Waals surface area (Å²) in [5, 5.41) is 0. The quantitative estimate of drug-likeness (QED) is 0.429. The van der Waals surface area contributed by atoms with Crippen molar-refractivity contribution >= 4 is 52.0 Å². The van der Waals surface area contributed by atoms with E-state index in [1.54, 1.807) is 23.6 Å². The van der Waals surface area contributed by atoms with Crippen LogP contribution in [0.1, 0.15) is 20.8 Å². The van der Waals surface area contributed by atoms with Gasteiger partial charge < -0.3 is 9.64 Å². The maximum absolute atomic E-state index is 12.2. The second kappa shape index (κ2) is 6.19. The third kappa shape index (κ3) is 3.93. The molecule has 2 aromatic rings. The number of hydrogen-bond acceptors (Lipinski definition) is 5. The second-order valence-electron chi connectivity index (χ2n) is 5.94. The average Bonchev–Trinajstić information content (AvgIpc) is 2.72. The third-order valence-corrected chi connectivity index (χ3v) is 3.27. The molecular weight excluding hydrogens is 397 g/mol. The highest BCUT2D eigenvalue weighted by molar-refractivity contribution is 14.1. The van der Waals surface area contributed by atoms with Crippen LogP contribution >= 0.6 is 22.6 Å². The van der Waals surface area contributed by atoms with Crippen LogP contribution < -0.4 is 0 Å². The van der Waals surface area contributed by atoms with E-state index < -0.39 is 11.7 Å². The SMILES string of the molecule is CN(C)C=Nc1ncc2c(n1)c(I)cn2C(=O)OC(C)(C)C. The lowest BCUT2D eigenvalue weighted by Gasteiger charge is -2.19. The first kappa shape index (κ1) is 16.7. The number of fused-ring (bicyclic) bond motifs is 1. The number of aliphatic imine (C=N–C) groups is 1. The molecule has 7 nitrogen and oxygen atoms in total. The van der Waals surface area contributed by atoms with Gasteiger partial charge in [-0.15, -0.1) is 0 Å². The number of ether oxygens (including phenoxy) is 1. The molecule has 118 valence electrons. The number of halogens is 1. The predicted octanol–water partition coefficient (Wildman–Crippen LogP) is 3.04. The first-order valence-electron chi connectivity index (χ1n) is 6.65. The number of carbonyl (C=O) groups excluding carboxylic acids is 1. The first-order chi connectivity index (χ1) is 10.2. The van der Waals surface area contributed by atoms with Gasteiger partial charge in [0.05, 0.1) is 21.6 Å². The number of nitrogens with zero attached hydrogens (tertiary/aromatic N) is 5. The van der Waals surface area contributed by atoms with Gasteiger partial charge >= 0.3 is 6.09 Å². The zero-order valence-corrected chi connectivity index (χ0v) is 15.3. The predicted molar refractivity (Wildman–Crippen MR) is 93.7 cm³/mol. The van der Waals surface area contributed by atoms with E-state index in [1.807, 2.05) is 34.9 Å². The smallest absolute Gasteiger partial charge is 0.419 e. The van der Waals surface area contributed by atoms with E-state index in [2.05, 4.69) is 37.6 Å². The van der Waals surface area contributed by atoms with Gasteiger partial charge in [0, 0.05) is 20.3 Å². The third-order valence-electron chi connectivity index (χ3n) is 2.48. The van der Waals surface area contributed by atoms with E-state index in [4.69, 9.17) is 4.74 Å². The van der Waals surface area contributed by atoms with Crippen molar-refractivity contribution in [3.63, 3.8) is 0 Å². The van der Waals surface area contributed by atoms with Crippen LogP contribution in [0.4, 0.5) is 10.7 Å². The standard InChI is InChI=1S/C14H18IN5O2/c1-14(2,3)22-13(21)20-7-9(15)11-10(20)6-16-12(18-11)17-8-19(4)5/h6-8H,1-5H3. The summed E-state index contributed by atoms with van der Waals surface area (Å²) in [5.74, 6) is 0.348. The highest BCUT2D eigenvalue weighted by Gasteiger charge is 2.21. The van der Waals surface area contributed by atoms with Gasteiger partial charge in [0.15, 0.2) is 0 Å². The number of carbonyl (C=O) groups is 1. The molecule has 0 atom stereocenters. The fourth-order valence-corrected chi connectivity index (χ4v) is 2.33. The highest BCUT2D eigenvalue weighted by atomic mass is 127. The fraction of sp³-hybridized carbons (Fsp3) is 0.429. The van der Waals surface area contributed by atoms with Gasteiger partial charge in [-0.05, 0) is 43.4 Å². The zero-order valence-electron chi connectivity index (χ0n) is 13.2. The summed E-state index contributed by atoms with van der Waals surface area (Å²) in [6, 6.07) is 0. The van der Waals surface area contributed by atoms with E-state index in [0.29, 0.717) is 17.0 Å². The number of hydrogen-bond donors (Lipinski definition) is 0. The van der Waals surface area contributed by atoms with Crippen LogP contribution in [0.5, 0.6) is 0 Å². The molecule has 2 heterocycles. The largest absolute Gasteiger partial charge is 0.443 e. The summed E-state index contributed by atoms with van der Waals surface area (Å²) in [6.45, 7) is 5.48. The normalized spacial score (nSPS) is 12.1.